The molecule has 1 radical (unpaired) electrons. The highest BCUT2D eigenvalue weighted by Gasteiger charge is 2.13. The lowest BCUT2D eigenvalue weighted by Crippen LogP contribution is -2.25. The third kappa shape index (κ3) is 4.07. The van der Waals surface area contributed by atoms with Crippen LogP contribution in [0.5, 0.6) is 0 Å². The maximum Gasteiger partial charge on any atom is 0.0809 e. The SMILES string of the molecule is [CH2]CCCCOC1CCCOC1. The second-order valence-corrected chi connectivity index (χ2v) is 3.27. The second-order valence-electron chi connectivity index (χ2n) is 3.27. The lowest BCUT2D eigenvalue weighted by Gasteiger charge is -2.22. The second kappa shape index (κ2) is 6.44. The minimum atomic E-state index is 0.364. The Balaban J connectivity index is 1.91. The Kier molecular flexibility index (Phi) is 5.37. The molecule has 1 aliphatic heterocycles. The summed E-state index contributed by atoms with van der Waals surface area (Å²) >= 11 is 0. The summed E-state index contributed by atoms with van der Waals surface area (Å²) in [6.07, 6.45) is 6.02. The molecule has 0 amide bonds. The Labute approximate surface area is 75.2 Å². The van der Waals surface area contributed by atoms with Crippen molar-refractivity contribution in [2.75, 3.05) is 19.8 Å². The Hall–Kier alpha value is -0.0800. The molecular formula is C10H19O2. The van der Waals surface area contributed by atoms with Crippen molar-refractivity contribution in [3.05, 3.63) is 6.92 Å². The van der Waals surface area contributed by atoms with E-state index in [1.165, 1.54) is 12.8 Å². The summed E-state index contributed by atoms with van der Waals surface area (Å²) in [6.45, 7) is 6.38. The molecule has 0 aromatic heterocycles. The van der Waals surface area contributed by atoms with Crippen molar-refractivity contribution in [3.63, 3.8) is 0 Å². The zero-order valence-corrected chi connectivity index (χ0v) is 7.76. The number of unbranched alkanes of at least 4 members (excludes halogenated alkanes) is 2. The molecule has 1 unspecified atom stereocenters. The van der Waals surface area contributed by atoms with E-state index < -0.39 is 0 Å². The van der Waals surface area contributed by atoms with Gasteiger partial charge in [0.1, 0.15) is 0 Å². The summed E-state index contributed by atoms with van der Waals surface area (Å²) in [6, 6.07) is 0. The van der Waals surface area contributed by atoms with E-state index in [0.29, 0.717) is 6.10 Å². The average molecular weight is 171 g/mol. The molecule has 2 heteroatoms. The van der Waals surface area contributed by atoms with E-state index >= 15 is 0 Å². The highest BCUT2D eigenvalue weighted by molar-refractivity contribution is 4.61. The van der Waals surface area contributed by atoms with Gasteiger partial charge in [-0.1, -0.05) is 19.8 Å². The molecule has 2 nitrogen and oxygen atoms in total. The molecule has 1 rings (SSSR count). The van der Waals surface area contributed by atoms with Crippen molar-refractivity contribution in [1.82, 2.24) is 0 Å². The van der Waals surface area contributed by atoms with E-state index in [9.17, 15) is 0 Å². The summed E-state index contributed by atoms with van der Waals surface area (Å²) in [5, 5.41) is 0. The molecule has 0 spiro atoms. The van der Waals surface area contributed by atoms with Crippen molar-refractivity contribution in [3.8, 4) is 0 Å². The largest absolute Gasteiger partial charge is 0.379 e. The van der Waals surface area contributed by atoms with E-state index in [4.69, 9.17) is 9.47 Å². The highest BCUT2D eigenvalue weighted by atomic mass is 16.5. The van der Waals surface area contributed by atoms with E-state index in [1.807, 2.05) is 0 Å². The van der Waals surface area contributed by atoms with Crippen LogP contribution in [0.4, 0.5) is 0 Å². The van der Waals surface area contributed by atoms with Gasteiger partial charge in [0.05, 0.1) is 12.7 Å². The van der Waals surface area contributed by atoms with Gasteiger partial charge >= 0.3 is 0 Å². The Morgan fingerprint density at radius 3 is 3.00 bits per heavy atom. The molecule has 1 aliphatic rings. The van der Waals surface area contributed by atoms with Gasteiger partial charge < -0.3 is 9.47 Å². The molecule has 0 N–H and O–H groups in total. The lowest BCUT2D eigenvalue weighted by molar-refractivity contribution is -0.0506. The van der Waals surface area contributed by atoms with E-state index in [2.05, 4.69) is 6.92 Å². The number of hydrogen-bond acceptors (Lipinski definition) is 2. The molecular weight excluding hydrogens is 152 g/mol. The molecule has 12 heavy (non-hydrogen) atoms. The van der Waals surface area contributed by atoms with Crippen LogP contribution in [0.25, 0.3) is 0 Å². The van der Waals surface area contributed by atoms with Gasteiger partial charge in [-0.15, -0.1) is 0 Å². The van der Waals surface area contributed by atoms with Gasteiger partial charge in [0.25, 0.3) is 0 Å². The van der Waals surface area contributed by atoms with Crippen LogP contribution in [0, 0.1) is 6.92 Å². The molecule has 71 valence electrons. The number of rotatable bonds is 5. The predicted octanol–water partition coefficient (Wildman–Crippen LogP) is 2.19. The van der Waals surface area contributed by atoms with Crippen LogP contribution in [0.15, 0.2) is 0 Å². The first-order valence-corrected chi connectivity index (χ1v) is 4.92. The summed E-state index contributed by atoms with van der Waals surface area (Å²) < 4.78 is 10.9. The number of ether oxygens (including phenoxy) is 2. The zero-order valence-electron chi connectivity index (χ0n) is 7.76. The van der Waals surface area contributed by atoms with Crippen molar-refractivity contribution in [2.45, 2.75) is 38.2 Å². The van der Waals surface area contributed by atoms with Crippen LogP contribution >= 0.6 is 0 Å². The van der Waals surface area contributed by atoms with E-state index in [0.717, 1.165) is 39.1 Å². The first-order chi connectivity index (χ1) is 5.93. The van der Waals surface area contributed by atoms with Gasteiger partial charge in [0.15, 0.2) is 0 Å². The standard InChI is InChI=1S/C10H19O2/c1-2-3-4-8-12-10-6-5-7-11-9-10/h10H,1-9H2. The van der Waals surface area contributed by atoms with Gasteiger partial charge in [-0.05, 0) is 19.3 Å². The molecule has 0 saturated carbocycles. The Bertz CT molecular complexity index is 98.0. The van der Waals surface area contributed by atoms with Crippen LogP contribution in [-0.2, 0) is 9.47 Å². The van der Waals surface area contributed by atoms with Crippen LogP contribution in [0.3, 0.4) is 0 Å². The smallest absolute Gasteiger partial charge is 0.0809 e. The third-order valence-electron chi connectivity index (χ3n) is 2.12. The average Bonchev–Trinajstić information content (AvgIpc) is 2.14. The van der Waals surface area contributed by atoms with Crippen molar-refractivity contribution >= 4 is 0 Å². The van der Waals surface area contributed by atoms with Gasteiger partial charge in [-0.25, -0.2) is 0 Å². The maximum atomic E-state index is 5.63. The van der Waals surface area contributed by atoms with Crippen molar-refractivity contribution in [2.24, 2.45) is 0 Å². The zero-order chi connectivity index (χ0) is 8.65. The Morgan fingerprint density at radius 1 is 1.42 bits per heavy atom. The maximum absolute atomic E-state index is 5.63. The molecule has 1 fully saturated rings. The highest BCUT2D eigenvalue weighted by Crippen LogP contribution is 2.10. The summed E-state index contributed by atoms with van der Waals surface area (Å²) in [5.74, 6) is 0. The third-order valence-corrected chi connectivity index (χ3v) is 2.12. The monoisotopic (exact) mass is 171 g/mol. The van der Waals surface area contributed by atoms with Gasteiger partial charge in [-0.2, -0.15) is 0 Å². The van der Waals surface area contributed by atoms with Crippen LogP contribution in [0.2, 0.25) is 0 Å². The lowest BCUT2D eigenvalue weighted by atomic mass is 10.2. The van der Waals surface area contributed by atoms with Gasteiger partial charge in [0.2, 0.25) is 0 Å². The van der Waals surface area contributed by atoms with Crippen LogP contribution < -0.4 is 0 Å². The molecule has 1 saturated heterocycles. The fraction of sp³-hybridized carbons (Fsp3) is 0.900. The molecule has 0 aromatic rings. The fourth-order valence-electron chi connectivity index (χ4n) is 1.37. The molecule has 1 atom stereocenters. The van der Waals surface area contributed by atoms with Crippen molar-refractivity contribution in [1.29, 1.82) is 0 Å². The van der Waals surface area contributed by atoms with E-state index in [-0.39, 0.29) is 0 Å². The normalized spacial score (nSPS) is 24.2. The van der Waals surface area contributed by atoms with Crippen molar-refractivity contribution < 1.29 is 9.47 Å². The van der Waals surface area contributed by atoms with Crippen LogP contribution in [0.1, 0.15) is 32.1 Å². The summed E-state index contributed by atoms with van der Waals surface area (Å²) in [4.78, 5) is 0. The minimum Gasteiger partial charge on any atom is -0.379 e. The minimum absolute atomic E-state index is 0.364. The molecule has 1 heterocycles. The first kappa shape index (κ1) is 10.0. The Morgan fingerprint density at radius 2 is 2.33 bits per heavy atom. The quantitative estimate of drug-likeness (QED) is 0.590. The molecule has 0 aliphatic carbocycles. The molecule has 0 bridgehead atoms. The predicted molar refractivity (Wildman–Crippen MR) is 49.0 cm³/mol. The first-order valence-electron chi connectivity index (χ1n) is 4.92. The van der Waals surface area contributed by atoms with Gasteiger partial charge in [0, 0.05) is 13.2 Å². The number of hydrogen-bond donors (Lipinski definition) is 0. The topological polar surface area (TPSA) is 18.5 Å². The molecule has 0 aromatic carbocycles. The summed E-state index contributed by atoms with van der Waals surface area (Å²) in [7, 11) is 0. The van der Waals surface area contributed by atoms with E-state index in [1.54, 1.807) is 0 Å². The van der Waals surface area contributed by atoms with Crippen LogP contribution in [-0.4, -0.2) is 25.9 Å². The fourth-order valence-corrected chi connectivity index (χ4v) is 1.37. The summed E-state index contributed by atoms with van der Waals surface area (Å²) in [5.41, 5.74) is 0. The van der Waals surface area contributed by atoms with Gasteiger partial charge in [-0.3, -0.25) is 0 Å².